The molecular formula is C51H57F9O6. The van der Waals surface area contributed by atoms with Gasteiger partial charge in [0.05, 0.1) is 0 Å². The zero-order chi connectivity index (χ0) is 47.1. The Bertz CT molecular complexity index is 2110. The Morgan fingerprint density at radius 2 is 0.803 bits per heavy atom. The van der Waals surface area contributed by atoms with Crippen molar-refractivity contribution in [3.05, 3.63) is 88.7 Å². The summed E-state index contributed by atoms with van der Waals surface area (Å²) in [5.74, 6) is 0.653. The summed E-state index contributed by atoms with van der Waals surface area (Å²) in [6, 6.07) is 13.5. The number of carbonyl (C=O) groups is 3. The number of rotatable bonds is 9. The van der Waals surface area contributed by atoms with Gasteiger partial charge in [-0.05, 0) is 183 Å². The quantitative estimate of drug-likeness (QED) is 0.199. The van der Waals surface area contributed by atoms with E-state index in [9.17, 15) is 53.9 Å². The van der Waals surface area contributed by atoms with E-state index in [-0.39, 0.29) is 17.6 Å². The third-order valence-electron chi connectivity index (χ3n) is 15.2. The molecule has 0 bridgehead atoms. The predicted octanol–water partition coefficient (Wildman–Crippen LogP) is 14.0. The lowest BCUT2D eigenvalue weighted by molar-refractivity contribution is -0.124. The smallest absolute Gasteiger partial charge is 0.387 e. The fourth-order valence-corrected chi connectivity index (χ4v) is 11.9. The molecule has 0 N–H and O–H groups in total. The Morgan fingerprint density at radius 1 is 0.409 bits per heavy atom. The first-order chi connectivity index (χ1) is 31.6. The second kappa shape index (κ2) is 22.5. The second-order valence-corrected chi connectivity index (χ2v) is 19.1. The van der Waals surface area contributed by atoms with Crippen LogP contribution in [0.3, 0.4) is 0 Å². The first kappa shape index (κ1) is 49.3. The van der Waals surface area contributed by atoms with Crippen molar-refractivity contribution in [2.24, 2.45) is 35.5 Å². The van der Waals surface area contributed by atoms with Crippen LogP contribution in [0.25, 0.3) is 0 Å². The molecule has 0 heterocycles. The lowest BCUT2D eigenvalue weighted by Gasteiger charge is -2.39. The van der Waals surface area contributed by atoms with Gasteiger partial charge in [0.1, 0.15) is 23.1 Å². The Morgan fingerprint density at radius 3 is 1.23 bits per heavy atom. The number of benzene rings is 3. The van der Waals surface area contributed by atoms with Crippen LogP contribution in [0.5, 0.6) is 17.2 Å². The van der Waals surface area contributed by atoms with Crippen LogP contribution in [-0.2, 0) is 14.4 Å². The van der Waals surface area contributed by atoms with Gasteiger partial charge < -0.3 is 14.2 Å². The summed E-state index contributed by atoms with van der Waals surface area (Å²) in [7, 11) is 0. The summed E-state index contributed by atoms with van der Waals surface area (Å²) >= 11 is 0. The first-order valence-corrected chi connectivity index (χ1v) is 23.4. The molecule has 360 valence electrons. The molecule has 0 saturated heterocycles. The van der Waals surface area contributed by atoms with Crippen molar-refractivity contribution in [2.45, 2.75) is 153 Å². The SMILES string of the molecule is O=C1CCC2CC(c3cc(F)c(OC(F)F)c(F)c3)CCC2C1.O=C1CCC2CC(c3ccc(OC(F)F)c(F)c3)CCC2C1.O=C1CCC2CC(c3ccc(OC(F)F)cc3)CCC2C1. The highest BCUT2D eigenvalue weighted by molar-refractivity contribution is 5.80. The molecule has 0 amide bonds. The van der Waals surface area contributed by atoms with E-state index in [2.05, 4.69) is 14.2 Å². The van der Waals surface area contributed by atoms with Crippen LogP contribution >= 0.6 is 0 Å². The molecule has 6 aliphatic rings. The molecular weight excluding hydrogens is 880 g/mol. The fraction of sp³-hybridized carbons (Fsp3) is 0.588. The molecule has 3 aromatic rings. The average molecular weight is 937 g/mol. The van der Waals surface area contributed by atoms with Crippen LogP contribution in [-0.4, -0.2) is 37.2 Å². The fourth-order valence-electron chi connectivity index (χ4n) is 11.9. The molecule has 6 nitrogen and oxygen atoms in total. The standard InChI is InChI=1S/C17H18F4O2.C17H19F3O2.C17H20F2O2/c18-14-7-12(8-15(19)16(14)23-17(20)21)10-1-2-11-6-13(22)4-3-9(11)5-10;18-15-9-13(4-6-16(15)22-17(19)20)10-1-2-12-8-14(21)5-3-11(12)7-10;18-17(19)21-16-7-4-11(5-8-16)12-1-2-14-10-15(20)6-3-13(14)9-12/h7-11,17H,1-6H2;4,6,9-12,17H,1-3,5,7-8H2;4-5,7-8,12-14,17H,1-3,6,9-10H2. The number of hydrogen-bond donors (Lipinski definition) is 0. The number of alkyl halides is 6. The van der Waals surface area contributed by atoms with Crippen molar-refractivity contribution in [3.8, 4) is 17.2 Å². The Kier molecular flexibility index (Phi) is 16.8. The number of Topliss-reactive ketones (excluding diaryl/α,β-unsaturated/α-hetero) is 3. The molecule has 15 heteroatoms. The van der Waals surface area contributed by atoms with Crippen LogP contribution in [0.1, 0.15) is 150 Å². The lowest BCUT2D eigenvalue weighted by atomic mass is 9.66. The monoisotopic (exact) mass is 936 g/mol. The van der Waals surface area contributed by atoms with Crippen molar-refractivity contribution in [1.82, 2.24) is 0 Å². The van der Waals surface area contributed by atoms with Crippen molar-refractivity contribution in [3.63, 3.8) is 0 Å². The van der Waals surface area contributed by atoms with Crippen LogP contribution in [0.15, 0.2) is 54.6 Å². The predicted molar refractivity (Wildman–Crippen MR) is 226 cm³/mol. The van der Waals surface area contributed by atoms with E-state index in [4.69, 9.17) is 0 Å². The number of ether oxygens (including phenoxy) is 3. The minimum absolute atomic E-state index is 0.00551. The Labute approximate surface area is 379 Å². The van der Waals surface area contributed by atoms with E-state index in [0.717, 1.165) is 108 Å². The Hall–Kier alpha value is -4.56. The van der Waals surface area contributed by atoms with Gasteiger partial charge in [-0.3, -0.25) is 14.4 Å². The van der Waals surface area contributed by atoms with Gasteiger partial charge in [0.25, 0.3) is 0 Å². The molecule has 9 unspecified atom stereocenters. The molecule has 6 saturated carbocycles. The van der Waals surface area contributed by atoms with Crippen molar-refractivity contribution in [2.75, 3.05) is 0 Å². The molecule has 0 aliphatic heterocycles. The molecule has 66 heavy (non-hydrogen) atoms. The van der Waals surface area contributed by atoms with E-state index >= 15 is 0 Å². The minimum Gasteiger partial charge on any atom is -0.435 e. The van der Waals surface area contributed by atoms with E-state index in [0.29, 0.717) is 90.0 Å². The highest BCUT2D eigenvalue weighted by Crippen LogP contribution is 2.48. The van der Waals surface area contributed by atoms with Crippen molar-refractivity contribution in [1.29, 1.82) is 0 Å². The number of hydrogen-bond acceptors (Lipinski definition) is 6. The maximum absolute atomic E-state index is 13.9. The number of ketones is 3. The van der Waals surface area contributed by atoms with Crippen LogP contribution in [0.4, 0.5) is 39.5 Å². The Balaban J connectivity index is 0.000000147. The van der Waals surface area contributed by atoms with Gasteiger partial charge in [0, 0.05) is 38.5 Å². The summed E-state index contributed by atoms with van der Waals surface area (Å²) in [4.78, 5) is 34.5. The second-order valence-electron chi connectivity index (χ2n) is 19.1. The first-order valence-electron chi connectivity index (χ1n) is 23.4. The van der Waals surface area contributed by atoms with Crippen molar-refractivity contribution < 1.29 is 68.1 Å². The van der Waals surface area contributed by atoms with Crippen LogP contribution in [0, 0.1) is 53.0 Å². The summed E-state index contributed by atoms with van der Waals surface area (Å²) in [5.41, 5.74) is 2.53. The third-order valence-corrected chi connectivity index (χ3v) is 15.2. The third kappa shape index (κ3) is 13.1. The van der Waals surface area contributed by atoms with Crippen LogP contribution < -0.4 is 14.2 Å². The largest absolute Gasteiger partial charge is 0.435 e. The number of halogens is 9. The number of carbonyl (C=O) groups excluding carboxylic acids is 3. The number of fused-ring (bicyclic) bond motifs is 3. The normalized spacial score (nSPS) is 28.5. The molecule has 0 spiro atoms. The topological polar surface area (TPSA) is 78.9 Å². The van der Waals surface area contributed by atoms with Crippen LogP contribution in [0.2, 0.25) is 0 Å². The summed E-state index contributed by atoms with van der Waals surface area (Å²) < 4.78 is 127. The summed E-state index contributed by atoms with van der Waals surface area (Å²) in [6.07, 6.45) is 15.4. The zero-order valence-corrected chi connectivity index (χ0v) is 36.7. The van der Waals surface area contributed by atoms with Crippen molar-refractivity contribution >= 4 is 17.3 Å². The summed E-state index contributed by atoms with van der Waals surface area (Å²) in [6.45, 7) is -9.05. The average Bonchev–Trinajstić information content (AvgIpc) is 3.28. The lowest BCUT2D eigenvalue weighted by Crippen LogP contribution is -2.30. The molecule has 6 aliphatic carbocycles. The van der Waals surface area contributed by atoms with Gasteiger partial charge in [-0.25, -0.2) is 13.2 Å². The minimum atomic E-state index is -3.26. The molecule has 0 radical (unpaired) electrons. The molecule has 6 fully saturated rings. The highest BCUT2D eigenvalue weighted by Gasteiger charge is 2.38. The maximum Gasteiger partial charge on any atom is 0.387 e. The van der Waals surface area contributed by atoms with Gasteiger partial charge >= 0.3 is 19.8 Å². The molecule has 0 aromatic heterocycles. The van der Waals surface area contributed by atoms with Gasteiger partial charge in [0.15, 0.2) is 29.0 Å². The van der Waals surface area contributed by atoms with E-state index in [1.807, 2.05) is 12.1 Å². The molecule has 9 rings (SSSR count). The van der Waals surface area contributed by atoms with Gasteiger partial charge in [-0.15, -0.1) is 0 Å². The van der Waals surface area contributed by atoms with E-state index in [1.54, 1.807) is 18.2 Å². The molecule has 3 aromatic carbocycles. The van der Waals surface area contributed by atoms with Gasteiger partial charge in [0.2, 0.25) is 0 Å². The van der Waals surface area contributed by atoms with Gasteiger partial charge in [-0.1, -0.05) is 18.2 Å². The van der Waals surface area contributed by atoms with E-state index in [1.165, 1.54) is 17.7 Å². The van der Waals surface area contributed by atoms with E-state index < -0.39 is 48.8 Å². The summed E-state index contributed by atoms with van der Waals surface area (Å²) in [5, 5.41) is 0. The maximum atomic E-state index is 13.9. The zero-order valence-electron chi connectivity index (χ0n) is 36.7. The molecule has 9 atom stereocenters. The van der Waals surface area contributed by atoms with Gasteiger partial charge in [-0.2, -0.15) is 26.3 Å². The highest BCUT2D eigenvalue weighted by atomic mass is 19.3.